The lowest BCUT2D eigenvalue weighted by molar-refractivity contribution is 0.105. The van der Waals surface area contributed by atoms with Crippen molar-refractivity contribution in [3.8, 4) is 0 Å². The fourth-order valence-corrected chi connectivity index (χ4v) is 2.49. The van der Waals surface area contributed by atoms with Gasteiger partial charge in [0.2, 0.25) is 0 Å². The molecule has 7 nitrogen and oxygen atoms in total. The Labute approximate surface area is 135 Å². The van der Waals surface area contributed by atoms with Crippen molar-refractivity contribution in [3.05, 3.63) is 48.5 Å². The van der Waals surface area contributed by atoms with Crippen LogP contribution in [0.4, 0.5) is 17.1 Å². The molecule has 0 aliphatic rings. The van der Waals surface area contributed by atoms with Crippen molar-refractivity contribution in [1.29, 1.82) is 0 Å². The first-order chi connectivity index (χ1) is 10.9. The maximum atomic E-state index is 11.6. The first kappa shape index (κ1) is 17.1. The number of hydrogen-bond acceptors (Lipinski definition) is 7. The van der Waals surface area contributed by atoms with E-state index in [0.717, 1.165) is 5.69 Å². The Morgan fingerprint density at radius 3 is 1.87 bits per heavy atom. The zero-order valence-electron chi connectivity index (χ0n) is 12.7. The second-order valence-corrected chi connectivity index (χ2v) is 6.42. The molecule has 23 heavy (non-hydrogen) atoms. The summed E-state index contributed by atoms with van der Waals surface area (Å²) in [6, 6.07) is 13.2. The van der Waals surface area contributed by atoms with E-state index < -0.39 is 16.9 Å². The molecule has 0 bridgehead atoms. The van der Waals surface area contributed by atoms with E-state index in [4.69, 9.17) is 5.11 Å². The van der Waals surface area contributed by atoms with Gasteiger partial charge in [0.15, 0.2) is 6.79 Å². The molecule has 0 heterocycles. The molecule has 0 aliphatic carbocycles. The van der Waals surface area contributed by atoms with Crippen molar-refractivity contribution < 1.29 is 17.7 Å². The number of nitrogens with zero attached hydrogens (tertiary/aromatic N) is 3. The van der Waals surface area contributed by atoms with Gasteiger partial charge >= 0.3 is 0 Å². The predicted molar refractivity (Wildman–Crippen MR) is 86.7 cm³/mol. The molecule has 0 aromatic heterocycles. The Kier molecular flexibility index (Phi) is 5.43. The molecule has 8 heteroatoms. The zero-order valence-corrected chi connectivity index (χ0v) is 13.6. The molecule has 2 aromatic carbocycles. The lowest BCUT2D eigenvalue weighted by atomic mass is 10.3. The highest BCUT2D eigenvalue weighted by Crippen LogP contribution is 2.22. The molecule has 0 unspecified atom stereocenters. The quantitative estimate of drug-likeness (QED) is 0.498. The van der Waals surface area contributed by atoms with Gasteiger partial charge in [-0.3, -0.25) is 0 Å². The van der Waals surface area contributed by atoms with Gasteiger partial charge < -0.3 is 10.0 Å². The van der Waals surface area contributed by atoms with Gasteiger partial charge in [0.25, 0.3) is 10.1 Å². The second-order valence-electron chi connectivity index (χ2n) is 4.81. The fourth-order valence-electron chi connectivity index (χ4n) is 1.75. The highest BCUT2D eigenvalue weighted by atomic mass is 32.2. The highest BCUT2D eigenvalue weighted by Gasteiger charge is 2.13. The third kappa shape index (κ3) is 4.59. The van der Waals surface area contributed by atoms with Gasteiger partial charge in [-0.1, -0.05) is 0 Å². The van der Waals surface area contributed by atoms with E-state index in [2.05, 4.69) is 14.4 Å². The molecule has 0 fully saturated rings. The van der Waals surface area contributed by atoms with E-state index in [1.165, 1.54) is 24.3 Å². The van der Waals surface area contributed by atoms with Gasteiger partial charge in [0, 0.05) is 19.8 Å². The highest BCUT2D eigenvalue weighted by molar-refractivity contribution is 7.86. The van der Waals surface area contributed by atoms with Crippen LogP contribution >= 0.6 is 0 Å². The number of rotatable bonds is 6. The molecule has 0 aliphatic heterocycles. The van der Waals surface area contributed by atoms with E-state index in [1.807, 2.05) is 43.3 Å². The molecule has 0 amide bonds. The average molecular weight is 335 g/mol. The van der Waals surface area contributed by atoms with Crippen molar-refractivity contribution in [3.63, 3.8) is 0 Å². The molecular weight excluding hydrogens is 318 g/mol. The average Bonchev–Trinajstić information content (AvgIpc) is 2.53. The van der Waals surface area contributed by atoms with E-state index >= 15 is 0 Å². The Hall–Kier alpha value is -2.29. The normalized spacial score (nSPS) is 11.8. The lowest BCUT2D eigenvalue weighted by Gasteiger charge is -2.11. The van der Waals surface area contributed by atoms with Crippen molar-refractivity contribution in [1.82, 2.24) is 0 Å². The molecule has 0 saturated heterocycles. The summed E-state index contributed by atoms with van der Waals surface area (Å²) in [4.78, 5) is 1.93. The first-order valence-corrected chi connectivity index (χ1v) is 8.13. The summed E-state index contributed by atoms with van der Waals surface area (Å²) >= 11 is 0. The van der Waals surface area contributed by atoms with Gasteiger partial charge in [-0.25, -0.2) is 4.18 Å². The molecule has 2 rings (SSSR count). The summed E-state index contributed by atoms with van der Waals surface area (Å²) in [7, 11) is -0.0320. The van der Waals surface area contributed by atoms with Crippen LogP contribution in [0.15, 0.2) is 63.7 Å². The van der Waals surface area contributed by atoms with E-state index in [1.54, 1.807) is 0 Å². The number of aliphatic hydroxyl groups is 1. The fraction of sp³-hybridized carbons (Fsp3) is 0.200. The van der Waals surface area contributed by atoms with Crippen molar-refractivity contribution >= 4 is 27.2 Å². The SMILES string of the molecule is CN(C)c1ccc(N=Nc2ccc(S(=O)(=O)OCO)cc2)cc1. The minimum absolute atomic E-state index is 0.0548. The van der Waals surface area contributed by atoms with Gasteiger partial charge in [-0.15, -0.1) is 0 Å². The van der Waals surface area contributed by atoms with Gasteiger partial charge in [0.05, 0.1) is 16.3 Å². The van der Waals surface area contributed by atoms with Gasteiger partial charge in [-0.05, 0) is 48.5 Å². The summed E-state index contributed by atoms with van der Waals surface area (Å²) in [6.07, 6.45) is 0. The molecule has 0 atom stereocenters. The molecule has 1 N–H and O–H groups in total. The molecule has 0 spiro atoms. The molecule has 122 valence electrons. The Bertz CT molecular complexity index is 769. The van der Waals surface area contributed by atoms with Gasteiger partial charge in [-0.2, -0.15) is 18.6 Å². The summed E-state index contributed by atoms with van der Waals surface area (Å²) in [5, 5.41) is 16.7. The first-order valence-electron chi connectivity index (χ1n) is 6.72. The minimum Gasteiger partial charge on any atom is -0.378 e. The van der Waals surface area contributed by atoms with Crippen molar-refractivity contribution in [2.24, 2.45) is 10.2 Å². The Morgan fingerprint density at radius 1 is 0.957 bits per heavy atom. The largest absolute Gasteiger partial charge is 0.378 e. The summed E-state index contributed by atoms with van der Waals surface area (Å²) < 4.78 is 27.4. The topological polar surface area (TPSA) is 91.6 Å². The third-order valence-electron chi connectivity index (χ3n) is 2.98. The zero-order chi connectivity index (χ0) is 16.9. The predicted octanol–water partition coefficient (Wildman–Crippen LogP) is 2.82. The summed E-state index contributed by atoms with van der Waals surface area (Å²) in [5.74, 6) is 0. The van der Waals surface area contributed by atoms with E-state index in [0.29, 0.717) is 11.4 Å². The molecule has 0 saturated carbocycles. The lowest BCUT2D eigenvalue weighted by Crippen LogP contribution is -2.07. The minimum atomic E-state index is -3.93. The summed E-state index contributed by atoms with van der Waals surface area (Å²) in [5.41, 5.74) is 2.25. The van der Waals surface area contributed by atoms with Crippen LogP contribution in [0.1, 0.15) is 0 Å². The van der Waals surface area contributed by atoms with E-state index in [9.17, 15) is 8.42 Å². The van der Waals surface area contributed by atoms with Crippen LogP contribution in [0, 0.1) is 0 Å². The van der Waals surface area contributed by atoms with Crippen LogP contribution in [-0.4, -0.2) is 34.4 Å². The number of azo groups is 1. The van der Waals surface area contributed by atoms with Crippen LogP contribution in [0.5, 0.6) is 0 Å². The Balaban J connectivity index is 2.11. The van der Waals surface area contributed by atoms with E-state index in [-0.39, 0.29) is 4.90 Å². The van der Waals surface area contributed by atoms with Crippen LogP contribution < -0.4 is 4.90 Å². The summed E-state index contributed by atoms with van der Waals surface area (Å²) in [6.45, 7) is -0.896. The number of hydrogen-bond donors (Lipinski definition) is 1. The monoisotopic (exact) mass is 335 g/mol. The van der Waals surface area contributed by atoms with Crippen LogP contribution in [-0.2, 0) is 14.3 Å². The maximum absolute atomic E-state index is 11.6. The number of anilines is 1. The standard InChI is InChI=1S/C15H17N3O4S/c1-18(2)14-7-3-12(4-8-14)16-17-13-5-9-15(10-6-13)23(20,21)22-11-19/h3-10,19H,11H2,1-2H3. The third-order valence-corrected chi connectivity index (χ3v) is 4.25. The van der Waals surface area contributed by atoms with Crippen LogP contribution in [0.2, 0.25) is 0 Å². The van der Waals surface area contributed by atoms with Gasteiger partial charge in [0.1, 0.15) is 0 Å². The number of aliphatic hydroxyl groups excluding tert-OH is 1. The maximum Gasteiger partial charge on any atom is 0.299 e. The molecule has 2 aromatic rings. The molecule has 0 radical (unpaired) electrons. The Morgan fingerprint density at radius 2 is 1.43 bits per heavy atom. The second kappa shape index (κ2) is 7.32. The van der Waals surface area contributed by atoms with Crippen LogP contribution in [0.25, 0.3) is 0 Å². The molecular formula is C15H17N3O4S. The van der Waals surface area contributed by atoms with Crippen LogP contribution in [0.3, 0.4) is 0 Å². The smallest absolute Gasteiger partial charge is 0.299 e. The van der Waals surface area contributed by atoms with Crippen molar-refractivity contribution in [2.45, 2.75) is 4.90 Å². The van der Waals surface area contributed by atoms with Crippen molar-refractivity contribution in [2.75, 3.05) is 25.8 Å². The number of benzene rings is 2.